The minimum atomic E-state index is -0.421. The molecule has 3 heterocycles. The zero-order valence-corrected chi connectivity index (χ0v) is 14.8. The maximum absolute atomic E-state index is 12.1. The second-order valence-electron chi connectivity index (χ2n) is 5.78. The van der Waals surface area contributed by atoms with Crippen molar-refractivity contribution < 1.29 is 14.1 Å². The van der Waals surface area contributed by atoms with Gasteiger partial charge in [0.1, 0.15) is 0 Å². The highest BCUT2D eigenvalue weighted by atomic mass is 32.1. The van der Waals surface area contributed by atoms with Crippen LogP contribution in [0.15, 0.2) is 22.0 Å². The van der Waals surface area contributed by atoms with Gasteiger partial charge in [0, 0.05) is 24.4 Å². The van der Waals surface area contributed by atoms with Gasteiger partial charge >= 0.3 is 0 Å². The number of aromatic nitrogens is 2. The van der Waals surface area contributed by atoms with E-state index in [4.69, 9.17) is 4.52 Å². The third-order valence-electron chi connectivity index (χ3n) is 4.09. The molecular weight excluding hydrogens is 342 g/mol. The lowest BCUT2D eigenvalue weighted by molar-refractivity contribution is -0.133. The molecule has 2 N–H and O–H groups in total. The molecular formula is C16H21N5O3S. The molecule has 0 radical (unpaired) electrons. The van der Waals surface area contributed by atoms with Gasteiger partial charge in [0.25, 0.3) is 0 Å². The molecule has 0 spiro atoms. The molecule has 0 saturated carbocycles. The predicted octanol–water partition coefficient (Wildman–Crippen LogP) is 0.549. The number of carbonyl (C=O) groups excluding carboxylic acids is 2. The van der Waals surface area contributed by atoms with E-state index in [-0.39, 0.29) is 24.8 Å². The first-order valence-electron chi connectivity index (χ1n) is 8.28. The molecule has 1 atom stereocenters. The number of thiophene rings is 1. The van der Waals surface area contributed by atoms with Crippen LogP contribution in [0.1, 0.15) is 29.9 Å². The van der Waals surface area contributed by atoms with Gasteiger partial charge in [-0.05, 0) is 18.0 Å². The van der Waals surface area contributed by atoms with Gasteiger partial charge in [-0.15, -0.1) is 11.3 Å². The maximum atomic E-state index is 12.1. The molecule has 1 saturated heterocycles. The van der Waals surface area contributed by atoms with Crippen molar-refractivity contribution in [3.63, 3.8) is 0 Å². The largest absolute Gasteiger partial charge is 0.353 e. The topological polar surface area (TPSA) is 100 Å². The number of hydrogen-bond donors (Lipinski definition) is 2. The Balaban J connectivity index is 1.48. The molecule has 0 aromatic carbocycles. The standard InChI is InChI=1S/C16H21N5O3S/c1-2-21-6-5-17-16(23)12(21)9-14(22)18-10-15-19-13(20-24-15)8-11-4-3-7-25-11/h3-4,7,12H,2,5-6,8-10H2,1H3,(H,17,23)(H,18,22)/t12-/m0/s1. The molecule has 0 unspecified atom stereocenters. The minimum absolute atomic E-state index is 0.0979. The Bertz CT molecular complexity index is 715. The summed E-state index contributed by atoms with van der Waals surface area (Å²) >= 11 is 1.63. The number of rotatable bonds is 7. The first-order valence-corrected chi connectivity index (χ1v) is 9.16. The molecule has 0 bridgehead atoms. The Hall–Kier alpha value is -2.26. The van der Waals surface area contributed by atoms with E-state index in [0.717, 1.165) is 18.0 Å². The highest BCUT2D eigenvalue weighted by Crippen LogP contribution is 2.13. The van der Waals surface area contributed by atoms with Gasteiger partial charge in [0.15, 0.2) is 5.82 Å². The van der Waals surface area contributed by atoms with Crippen molar-refractivity contribution in [3.05, 3.63) is 34.1 Å². The fraction of sp³-hybridized carbons (Fsp3) is 0.500. The number of carbonyl (C=O) groups is 2. The predicted molar refractivity (Wildman–Crippen MR) is 91.9 cm³/mol. The third kappa shape index (κ3) is 4.64. The van der Waals surface area contributed by atoms with Gasteiger partial charge in [0.05, 0.1) is 19.0 Å². The van der Waals surface area contributed by atoms with Crippen molar-refractivity contribution in [1.82, 2.24) is 25.7 Å². The second kappa shape index (κ2) is 8.21. The van der Waals surface area contributed by atoms with Crippen molar-refractivity contribution in [2.24, 2.45) is 0 Å². The molecule has 3 rings (SSSR count). The summed E-state index contributed by atoms with van der Waals surface area (Å²) in [4.78, 5) is 31.5. The smallest absolute Gasteiger partial charge is 0.246 e. The molecule has 9 heteroatoms. The first-order chi connectivity index (χ1) is 12.2. The molecule has 2 amide bonds. The Morgan fingerprint density at radius 2 is 2.44 bits per heavy atom. The molecule has 2 aromatic heterocycles. The van der Waals surface area contributed by atoms with Crippen LogP contribution in [0, 0.1) is 0 Å². The Kier molecular flexibility index (Phi) is 5.77. The first kappa shape index (κ1) is 17.6. The summed E-state index contributed by atoms with van der Waals surface area (Å²) in [5, 5.41) is 11.5. The summed E-state index contributed by atoms with van der Waals surface area (Å²) in [6.07, 6.45) is 0.735. The van der Waals surface area contributed by atoms with Crippen LogP contribution in [0.4, 0.5) is 0 Å². The zero-order valence-electron chi connectivity index (χ0n) is 14.0. The van der Waals surface area contributed by atoms with Crippen molar-refractivity contribution >= 4 is 23.2 Å². The molecule has 1 fully saturated rings. The van der Waals surface area contributed by atoms with Gasteiger partial charge in [-0.2, -0.15) is 4.98 Å². The van der Waals surface area contributed by atoms with Crippen molar-refractivity contribution in [2.75, 3.05) is 19.6 Å². The van der Waals surface area contributed by atoms with E-state index < -0.39 is 6.04 Å². The van der Waals surface area contributed by atoms with Crippen LogP contribution in [0.5, 0.6) is 0 Å². The quantitative estimate of drug-likeness (QED) is 0.745. The third-order valence-corrected chi connectivity index (χ3v) is 4.96. The molecule has 8 nitrogen and oxygen atoms in total. The lowest BCUT2D eigenvalue weighted by Gasteiger charge is -2.33. The number of nitrogens with one attached hydrogen (secondary N) is 2. The van der Waals surface area contributed by atoms with E-state index in [1.165, 1.54) is 0 Å². The second-order valence-corrected chi connectivity index (χ2v) is 6.81. The highest BCUT2D eigenvalue weighted by molar-refractivity contribution is 7.09. The van der Waals surface area contributed by atoms with Gasteiger partial charge < -0.3 is 15.2 Å². The van der Waals surface area contributed by atoms with E-state index in [1.807, 2.05) is 29.3 Å². The van der Waals surface area contributed by atoms with Gasteiger partial charge in [-0.25, -0.2) is 0 Å². The summed E-state index contributed by atoms with van der Waals surface area (Å²) in [7, 11) is 0. The van der Waals surface area contributed by atoms with Crippen LogP contribution in [0.3, 0.4) is 0 Å². The van der Waals surface area contributed by atoms with Gasteiger partial charge in [-0.3, -0.25) is 14.5 Å². The summed E-state index contributed by atoms with van der Waals surface area (Å²) in [5.41, 5.74) is 0. The average molecular weight is 363 g/mol. The fourth-order valence-corrected chi connectivity index (χ4v) is 3.49. The van der Waals surface area contributed by atoms with Gasteiger partial charge in [0.2, 0.25) is 17.7 Å². The maximum Gasteiger partial charge on any atom is 0.246 e. The van der Waals surface area contributed by atoms with Crippen LogP contribution in [0.2, 0.25) is 0 Å². The summed E-state index contributed by atoms with van der Waals surface area (Å²) in [5.74, 6) is 0.647. The van der Waals surface area contributed by atoms with E-state index in [9.17, 15) is 9.59 Å². The van der Waals surface area contributed by atoms with Crippen LogP contribution in [-0.2, 0) is 22.6 Å². The molecule has 134 valence electrons. The summed E-state index contributed by atoms with van der Waals surface area (Å²) in [6, 6.07) is 3.56. The lowest BCUT2D eigenvalue weighted by atomic mass is 10.1. The SMILES string of the molecule is CCN1CCNC(=O)[C@@H]1CC(=O)NCc1nc(Cc2cccs2)no1. The van der Waals surface area contributed by atoms with E-state index in [1.54, 1.807) is 11.3 Å². The molecule has 2 aromatic rings. The number of amides is 2. The number of piperazine rings is 1. The van der Waals surface area contributed by atoms with Crippen LogP contribution >= 0.6 is 11.3 Å². The van der Waals surface area contributed by atoms with Crippen molar-refractivity contribution in [3.8, 4) is 0 Å². The van der Waals surface area contributed by atoms with E-state index in [2.05, 4.69) is 20.8 Å². The Labute approximate surface area is 149 Å². The summed E-state index contributed by atoms with van der Waals surface area (Å²) < 4.78 is 5.16. The van der Waals surface area contributed by atoms with Crippen LogP contribution < -0.4 is 10.6 Å². The lowest BCUT2D eigenvalue weighted by Crippen LogP contribution is -2.56. The monoisotopic (exact) mass is 363 g/mol. The molecule has 0 aliphatic carbocycles. The number of hydrogen-bond acceptors (Lipinski definition) is 7. The van der Waals surface area contributed by atoms with Crippen LogP contribution in [-0.4, -0.2) is 52.5 Å². The number of likely N-dealkylation sites (N-methyl/N-ethyl adjacent to an activating group) is 1. The van der Waals surface area contributed by atoms with Gasteiger partial charge in [-0.1, -0.05) is 18.1 Å². The minimum Gasteiger partial charge on any atom is -0.353 e. The highest BCUT2D eigenvalue weighted by Gasteiger charge is 2.30. The molecule has 1 aliphatic rings. The fourth-order valence-electron chi connectivity index (χ4n) is 2.79. The molecule has 1 aliphatic heterocycles. The van der Waals surface area contributed by atoms with Crippen molar-refractivity contribution in [2.45, 2.75) is 32.4 Å². The Morgan fingerprint density at radius 3 is 3.20 bits per heavy atom. The van der Waals surface area contributed by atoms with Crippen LogP contribution in [0.25, 0.3) is 0 Å². The zero-order chi connectivity index (χ0) is 17.6. The Morgan fingerprint density at radius 1 is 1.56 bits per heavy atom. The van der Waals surface area contributed by atoms with E-state index >= 15 is 0 Å². The average Bonchev–Trinajstić information content (AvgIpc) is 3.27. The summed E-state index contributed by atoms with van der Waals surface area (Å²) in [6.45, 7) is 4.27. The molecule has 25 heavy (non-hydrogen) atoms. The van der Waals surface area contributed by atoms with E-state index in [0.29, 0.717) is 24.7 Å². The normalized spacial score (nSPS) is 18.1. The number of nitrogens with zero attached hydrogens (tertiary/aromatic N) is 3. The van der Waals surface area contributed by atoms with Crippen molar-refractivity contribution in [1.29, 1.82) is 0 Å².